The van der Waals surface area contributed by atoms with Crippen LogP contribution in [0.25, 0.3) is 0 Å². The van der Waals surface area contributed by atoms with Gasteiger partial charge in [-0.3, -0.25) is 9.69 Å². The molecule has 0 radical (unpaired) electrons. The predicted molar refractivity (Wildman–Crippen MR) is 142 cm³/mol. The maximum atomic E-state index is 12.9. The number of carbonyl (C=O) groups excluding carboxylic acids is 1. The second-order valence-corrected chi connectivity index (χ2v) is 9.96. The summed E-state index contributed by atoms with van der Waals surface area (Å²) in [4.78, 5) is 15.3. The lowest BCUT2D eigenvalue weighted by molar-refractivity contribution is -0.156. The minimum Gasteiger partial charge on any atom is -0.460 e. The van der Waals surface area contributed by atoms with Crippen molar-refractivity contribution in [3.8, 4) is 0 Å². The van der Waals surface area contributed by atoms with Crippen molar-refractivity contribution in [3.05, 3.63) is 108 Å². The van der Waals surface area contributed by atoms with Crippen LogP contribution >= 0.6 is 0 Å². The topological polar surface area (TPSA) is 38.8 Å². The highest BCUT2D eigenvalue weighted by molar-refractivity contribution is 5.70. The Morgan fingerprint density at radius 2 is 1.34 bits per heavy atom. The SMILES string of the molecule is CC(C)(C)OC(=O)CC(CCOCc1ccccc1)N(CCc1ccccc1)Cc1ccccc1. The lowest BCUT2D eigenvalue weighted by Gasteiger charge is -2.32. The van der Waals surface area contributed by atoms with Crippen LogP contribution in [0.1, 0.15) is 50.3 Å². The lowest BCUT2D eigenvalue weighted by Crippen LogP contribution is -2.40. The summed E-state index contributed by atoms with van der Waals surface area (Å²) in [6, 6.07) is 31.2. The van der Waals surface area contributed by atoms with E-state index >= 15 is 0 Å². The molecule has 0 aliphatic heterocycles. The van der Waals surface area contributed by atoms with E-state index in [1.54, 1.807) is 0 Å². The van der Waals surface area contributed by atoms with E-state index < -0.39 is 5.60 Å². The molecule has 4 nitrogen and oxygen atoms in total. The molecular formula is C31H39NO3. The smallest absolute Gasteiger partial charge is 0.307 e. The summed E-state index contributed by atoms with van der Waals surface area (Å²) in [5.74, 6) is -0.164. The fourth-order valence-corrected chi connectivity index (χ4v) is 4.10. The molecule has 0 aromatic heterocycles. The van der Waals surface area contributed by atoms with Crippen LogP contribution in [0.15, 0.2) is 91.0 Å². The zero-order chi connectivity index (χ0) is 24.9. The molecule has 0 aliphatic carbocycles. The maximum Gasteiger partial charge on any atom is 0.307 e. The number of hydrogen-bond acceptors (Lipinski definition) is 4. The van der Waals surface area contributed by atoms with E-state index in [1.807, 2.05) is 51.1 Å². The first-order valence-electron chi connectivity index (χ1n) is 12.5. The summed E-state index contributed by atoms with van der Waals surface area (Å²) in [6.45, 7) is 8.53. The highest BCUT2D eigenvalue weighted by Crippen LogP contribution is 2.19. The molecular weight excluding hydrogens is 434 g/mol. The second kappa shape index (κ2) is 13.8. The number of ether oxygens (including phenoxy) is 2. The summed E-state index contributed by atoms with van der Waals surface area (Å²) in [5.41, 5.74) is 3.18. The van der Waals surface area contributed by atoms with Crippen molar-refractivity contribution in [2.75, 3.05) is 13.2 Å². The Hall–Kier alpha value is -2.95. The molecule has 3 rings (SSSR count). The number of rotatable bonds is 13. The first kappa shape index (κ1) is 26.7. The van der Waals surface area contributed by atoms with E-state index in [2.05, 4.69) is 65.6 Å². The number of nitrogens with zero attached hydrogens (tertiary/aromatic N) is 1. The van der Waals surface area contributed by atoms with Crippen molar-refractivity contribution in [2.24, 2.45) is 0 Å². The molecule has 0 spiro atoms. The van der Waals surface area contributed by atoms with Gasteiger partial charge in [-0.15, -0.1) is 0 Å². The molecule has 3 aromatic rings. The summed E-state index contributed by atoms with van der Waals surface area (Å²) >= 11 is 0. The van der Waals surface area contributed by atoms with E-state index in [9.17, 15) is 4.79 Å². The van der Waals surface area contributed by atoms with Crippen LogP contribution in [0.2, 0.25) is 0 Å². The quantitative estimate of drug-likeness (QED) is 0.212. The zero-order valence-electron chi connectivity index (χ0n) is 21.4. The number of hydrogen-bond donors (Lipinski definition) is 0. The number of benzene rings is 3. The van der Waals surface area contributed by atoms with Crippen LogP contribution in [0.4, 0.5) is 0 Å². The van der Waals surface area contributed by atoms with Crippen molar-refractivity contribution in [3.63, 3.8) is 0 Å². The minimum atomic E-state index is -0.500. The van der Waals surface area contributed by atoms with Gasteiger partial charge in [-0.2, -0.15) is 0 Å². The largest absolute Gasteiger partial charge is 0.460 e. The van der Waals surface area contributed by atoms with Gasteiger partial charge in [0.25, 0.3) is 0 Å². The van der Waals surface area contributed by atoms with Crippen LogP contribution in [0, 0.1) is 0 Å². The minimum absolute atomic E-state index is 0.0181. The van der Waals surface area contributed by atoms with E-state index in [-0.39, 0.29) is 12.0 Å². The van der Waals surface area contributed by atoms with Gasteiger partial charge in [0.2, 0.25) is 0 Å². The van der Waals surface area contributed by atoms with Gasteiger partial charge >= 0.3 is 5.97 Å². The molecule has 1 unspecified atom stereocenters. The zero-order valence-corrected chi connectivity index (χ0v) is 21.4. The van der Waals surface area contributed by atoms with Crippen molar-refractivity contribution in [1.82, 2.24) is 4.90 Å². The van der Waals surface area contributed by atoms with Gasteiger partial charge < -0.3 is 9.47 Å². The molecule has 0 amide bonds. The molecule has 0 saturated carbocycles. The average Bonchev–Trinajstić information content (AvgIpc) is 2.84. The maximum absolute atomic E-state index is 12.9. The standard InChI is InChI=1S/C31H39NO3/c1-31(2,3)35-30(33)23-29(20-22-34-25-28-17-11-6-12-18-28)32(24-27-15-9-5-10-16-27)21-19-26-13-7-4-8-14-26/h4-18,29H,19-25H2,1-3H3. The Bertz CT molecular complexity index is 984. The lowest BCUT2D eigenvalue weighted by atomic mass is 10.0. The number of esters is 1. The molecule has 0 bridgehead atoms. The Morgan fingerprint density at radius 1 is 0.800 bits per heavy atom. The van der Waals surface area contributed by atoms with Gasteiger partial charge in [-0.25, -0.2) is 0 Å². The van der Waals surface area contributed by atoms with Crippen LogP contribution in [-0.2, 0) is 33.8 Å². The van der Waals surface area contributed by atoms with Gasteiger partial charge in [0.15, 0.2) is 0 Å². The summed E-state index contributed by atoms with van der Waals surface area (Å²) in [6.07, 6.45) is 2.02. The molecule has 4 heteroatoms. The van der Waals surface area contributed by atoms with Crippen LogP contribution in [0.3, 0.4) is 0 Å². The normalized spacial score (nSPS) is 12.5. The summed E-state index contributed by atoms with van der Waals surface area (Å²) in [7, 11) is 0. The van der Waals surface area contributed by atoms with Crippen LogP contribution < -0.4 is 0 Å². The highest BCUT2D eigenvalue weighted by Gasteiger charge is 2.25. The van der Waals surface area contributed by atoms with Gasteiger partial charge in [0, 0.05) is 25.7 Å². The summed E-state index contributed by atoms with van der Waals surface area (Å²) in [5, 5.41) is 0. The van der Waals surface area contributed by atoms with Crippen molar-refractivity contribution >= 4 is 5.97 Å². The van der Waals surface area contributed by atoms with E-state index in [4.69, 9.17) is 9.47 Å². The van der Waals surface area contributed by atoms with Gasteiger partial charge in [0.05, 0.1) is 13.0 Å². The van der Waals surface area contributed by atoms with Crippen molar-refractivity contribution in [1.29, 1.82) is 0 Å². The van der Waals surface area contributed by atoms with Gasteiger partial charge in [-0.1, -0.05) is 91.0 Å². The van der Waals surface area contributed by atoms with Crippen molar-refractivity contribution < 1.29 is 14.3 Å². The molecule has 1 atom stereocenters. The third-order valence-corrected chi connectivity index (χ3v) is 5.80. The van der Waals surface area contributed by atoms with Crippen LogP contribution in [0.5, 0.6) is 0 Å². The fraction of sp³-hybridized carbons (Fsp3) is 0.387. The Kier molecular flexibility index (Phi) is 10.5. The molecule has 0 saturated heterocycles. The fourth-order valence-electron chi connectivity index (χ4n) is 4.10. The van der Waals surface area contributed by atoms with E-state index in [0.29, 0.717) is 19.6 Å². The first-order valence-corrected chi connectivity index (χ1v) is 12.5. The van der Waals surface area contributed by atoms with Crippen molar-refractivity contribution in [2.45, 2.75) is 64.8 Å². The highest BCUT2D eigenvalue weighted by atomic mass is 16.6. The van der Waals surface area contributed by atoms with Gasteiger partial charge in [0.1, 0.15) is 5.60 Å². The monoisotopic (exact) mass is 473 g/mol. The molecule has 3 aromatic carbocycles. The Labute approximate surface area is 210 Å². The summed E-state index contributed by atoms with van der Waals surface area (Å²) < 4.78 is 11.7. The molecule has 35 heavy (non-hydrogen) atoms. The molecule has 186 valence electrons. The third-order valence-electron chi connectivity index (χ3n) is 5.80. The predicted octanol–water partition coefficient (Wildman–Crippen LogP) is 6.44. The molecule has 0 N–H and O–H groups in total. The third kappa shape index (κ3) is 10.5. The van der Waals surface area contributed by atoms with E-state index in [0.717, 1.165) is 31.5 Å². The Morgan fingerprint density at radius 3 is 1.91 bits per heavy atom. The van der Waals surface area contributed by atoms with Crippen LogP contribution in [-0.4, -0.2) is 35.7 Å². The van der Waals surface area contributed by atoms with E-state index in [1.165, 1.54) is 11.1 Å². The average molecular weight is 474 g/mol. The first-order chi connectivity index (χ1) is 16.9. The molecule has 0 aliphatic rings. The van der Waals surface area contributed by atoms with Gasteiger partial charge in [-0.05, 0) is 50.3 Å². The second-order valence-electron chi connectivity index (χ2n) is 9.96. The number of carbonyl (C=O) groups is 1. The molecule has 0 fully saturated rings. The Balaban J connectivity index is 1.71. The molecule has 0 heterocycles.